The number of methoxy groups -OCH3 is 1. The number of carbonyl (C=O) groups excluding carboxylic acids is 4. The number of nitrogens with one attached hydrogen (secondary N) is 2. The number of aromatic carboxylic acids is 1. The van der Waals surface area contributed by atoms with Gasteiger partial charge in [0.1, 0.15) is 28.5 Å². The number of hydrogen-bond donors (Lipinski definition) is 4. The number of hydrogen-bond acceptors (Lipinski definition) is 13. The summed E-state index contributed by atoms with van der Waals surface area (Å²) in [6.07, 6.45) is 0.250. The fourth-order valence-electron chi connectivity index (χ4n) is 6.98. The van der Waals surface area contributed by atoms with E-state index < -0.39 is 11.9 Å². The Kier molecular flexibility index (Phi) is 10.9. The first-order valence-corrected chi connectivity index (χ1v) is 18.0. The highest BCUT2D eigenvalue weighted by molar-refractivity contribution is 6.09. The molecule has 6 aromatic rings. The lowest BCUT2D eigenvalue weighted by Crippen LogP contribution is -2.15. The van der Waals surface area contributed by atoms with Crippen molar-refractivity contribution in [3.05, 3.63) is 147 Å². The Hall–Kier alpha value is -8.22. The van der Waals surface area contributed by atoms with Crippen LogP contribution in [0.2, 0.25) is 0 Å². The Morgan fingerprint density at radius 2 is 1.34 bits per heavy atom. The molecule has 2 aliphatic rings. The second-order valence-corrected chi connectivity index (χ2v) is 13.2. The number of Topliss-reactive ketones (excluding diaryl/α,β-unsaturated/α-hetero) is 1. The number of esters is 1. The van der Waals surface area contributed by atoms with E-state index in [9.17, 15) is 29.4 Å². The van der Waals surface area contributed by atoms with Crippen LogP contribution in [0.1, 0.15) is 49.4 Å². The summed E-state index contributed by atoms with van der Waals surface area (Å²) < 4.78 is 11.5. The second-order valence-electron chi connectivity index (χ2n) is 13.2. The van der Waals surface area contributed by atoms with E-state index in [1.165, 1.54) is 32.2 Å². The number of carboxylic acids is 1. The molecule has 0 atom stereocenters. The minimum absolute atomic E-state index is 0.00620. The first-order valence-electron chi connectivity index (χ1n) is 18.0. The third-order valence-electron chi connectivity index (χ3n) is 9.73. The zero-order valence-electron chi connectivity index (χ0n) is 31.4. The lowest BCUT2D eigenvalue weighted by atomic mass is 9.88. The number of anilines is 2. The Bertz CT molecular complexity index is 3040. The summed E-state index contributed by atoms with van der Waals surface area (Å²) in [6.45, 7) is 1.43. The molecule has 0 fully saturated rings. The fourth-order valence-corrected chi connectivity index (χ4v) is 6.98. The number of aromatic hydroxyl groups is 1. The normalized spacial score (nSPS) is 10.8. The largest absolute Gasteiger partial charge is 0.507 e. The molecule has 4 aromatic carbocycles. The molecule has 0 bridgehead atoms. The zero-order valence-corrected chi connectivity index (χ0v) is 31.4. The van der Waals surface area contributed by atoms with Gasteiger partial charge in [-0.15, -0.1) is 0 Å². The van der Waals surface area contributed by atoms with Crippen molar-refractivity contribution in [2.75, 3.05) is 17.7 Å². The van der Waals surface area contributed by atoms with Gasteiger partial charge in [-0.3, -0.25) is 9.59 Å². The number of para-hydroxylation sites is 2. The van der Waals surface area contributed by atoms with Crippen molar-refractivity contribution in [1.82, 2.24) is 9.97 Å². The van der Waals surface area contributed by atoms with Crippen LogP contribution in [0, 0.1) is 0 Å². The maximum Gasteiger partial charge on any atom is 0.373 e. The molecule has 0 unspecified atom stereocenters. The van der Waals surface area contributed by atoms with Gasteiger partial charge in [0.25, 0.3) is 0 Å². The van der Waals surface area contributed by atoms with Crippen LogP contribution in [0.3, 0.4) is 0 Å². The number of nitrogens with zero attached hydrogens (tertiary/aromatic N) is 2. The van der Waals surface area contributed by atoms with Crippen LogP contribution in [-0.4, -0.2) is 51.2 Å². The molecule has 0 spiro atoms. The Labute approximate surface area is 334 Å². The number of carboxylic acid groups (broad SMARTS) is 1. The molecule has 0 saturated carbocycles. The Morgan fingerprint density at radius 3 is 1.97 bits per heavy atom. The maximum absolute atomic E-state index is 13.7. The number of ether oxygens (including phenoxy) is 1. The number of rotatable bonds is 10. The molecule has 3 heterocycles. The summed E-state index contributed by atoms with van der Waals surface area (Å²) >= 11 is 0. The molecule has 4 N–H and O–H groups in total. The zero-order chi connectivity index (χ0) is 41.8. The molecule has 14 heteroatoms. The van der Waals surface area contributed by atoms with Crippen LogP contribution < -0.4 is 16.1 Å². The number of carbonyl (C=O) groups is 3. The number of fused-ring (bicyclic) bond motifs is 4. The minimum atomic E-state index is -1.14. The molecule has 14 nitrogen and oxygen atoms in total. The lowest BCUT2D eigenvalue weighted by molar-refractivity contribution is -0.191. The molecule has 1 aliphatic carbocycles. The minimum Gasteiger partial charge on any atom is -0.507 e. The third kappa shape index (κ3) is 7.54. The van der Waals surface area contributed by atoms with Crippen molar-refractivity contribution in [2.45, 2.75) is 20.0 Å². The predicted octanol–water partition coefficient (Wildman–Crippen LogP) is 7.69. The van der Waals surface area contributed by atoms with Crippen LogP contribution in [0.25, 0.3) is 55.2 Å². The molecule has 8 rings (SSSR count). The highest BCUT2D eigenvalue weighted by atomic mass is 16.5. The first kappa shape index (κ1) is 39.0. The van der Waals surface area contributed by atoms with Gasteiger partial charge in [-0.1, -0.05) is 54.6 Å². The first-order chi connectivity index (χ1) is 28.5. The van der Waals surface area contributed by atoms with Crippen LogP contribution in [0.15, 0.2) is 118 Å². The van der Waals surface area contributed by atoms with Crippen molar-refractivity contribution in [3.8, 4) is 28.2 Å². The summed E-state index contributed by atoms with van der Waals surface area (Å²) in [4.78, 5) is 76.2. The van der Waals surface area contributed by atoms with E-state index >= 15 is 0 Å². The second kappa shape index (κ2) is 16.5. The molecule has 0 amide bonds. The molecule has 0 radical (unpaired) electrons. The summed E-state index contributed by atoms with van der Waals surface area (Å²) in [5.41, 5.74) is 4.45. The van der Waals surface area contributed by atoms with E-state index in [0.29, 0.717) is 55.7 Å². The van der Waals surface area contributed by atoms with Crippen molar-refractivity contribution in [1.29, 1.82) is 0 Å². The summed E-state index contributed by atoms with van der Waals surface area (Å²) in [7, 11) is 1.28. The lowest BCUT2D eigenvalue weighted by Gasteiger charge is -2.21. The van der Waals surface area contributed by atoms with Gasteiger partial charge in [0.15, 0.2) is 11.2 Å². The fraction of sp³-hybridized carbons (Fsp3) is 0.0889. The topological polar surface area (TPSA) is 215 Å². The number of aromatic nitrogens is 2. The molecule has 0 saturated heterocycles. The van der Waals surface area contributed by atoms with Gasteiger partial charge in [-0.05, 0) is 60.2 Å². The van der Waals surface area contributed by atoms with Crippen molar-refractivity contribution >= 4 is 68.0 Å². The van der Waals surface area contributed by atoms with E-state index in [2.05, 4.69) is 20.6 Å². The molecule has 1 aliphatic heterocycles. The third-order valence-corrected chi connectivity index (χ3v) is 9.73. The average Bonchev–Trinajstić information content (AvgIpc) is 3.24. The quantitative estimate of drug-likeness (QED) is 0.0594. The average molecular weight is 789 g/mol. The van der Waals surface area contributed by atoms with E-state index in [1.54, 1.807) is 60.7 Å². The predicted molar refractivity (Wildman–Crippen MR) is 218 cm³/mol. The molecular formula is C45H32N4O10. The molecular weight excluding hydrogens is 757 g/mol. The number of benzene rings is 5. The van der Waals surface area contributed by atoms with Crippen molar-refractivity contribution in [3.63, 3.8) is 0 Å². The molecule has 292 valence electrons. The van der Waals surface area contributed by atoms with Gasteiger partial charge in [-0.25, -0.2) is 19.6 Å². The molecule has 2 aromatic heterocycles. The summed E-state index contributed by atoms with van der Waals surface area (Å²) in [6, 6.07) is 30.5. The van der Waals surface area contributed by atoms with Gasteiger partial charge in [0.2, 0.25) is 0 Å². The van der Waals surface area contributed by atoms with Crippen LogP contribution in [-0.2, 0) is 27.4 Å². The van der Waals surface area contributed by atoms with E-state index in [4.69, 9.17) is 18.7 Å². The van der Waals surface area contributed by atoms with Gasteiger partial charge >= 0.3 is 18.1 Å². The Balaban J connectivity index is 0.00000171. The smallest absolute Gasteiger partial charge is 0.373 e. The maximum atomic E-state index is 13.7. The summed E-state index contributed by atoms with van der Waals surface area (Å²) in [5, 5.41) is 30.4. The van der Waals surface area contributed by atoms with Crippen LogP contribution in [0.4, 0.5) is 11.4 Å². The van der Waals surface area contributed by atoms with Gasteiger partial charge < -0.3 is 30.0 Å². The standard InChI is InChI=1S/C44H32N4O8.CO2/c1-23(49)32-17-13-24-7-5-11-33(39(24)47-32)45-21-30-36(50)19-15-28-38(26-9-3-4-10-27(26)43(52)53)29-16-20-37(51)31(42(29)56-41(28)30)22-46-34-12-6-8-25-14-18-35(44(54)55-2)48-40(25)34;2-1-3/h3-20,45-46,51H,21-22H2,1-2H3,(H,52,53);. The van der Waals surface area contributed by atoms with Gasteiger partial charge in [0.05, 0.1) is 46.2 Å². The monoisotopic (exact) mass is 788 g/mol. The highest BCUT2D eigenvalue weighted by Gasteiger charge is 2.27. The van der Waals surface area contributed by atoms with Crippen molar-refractivity contribution < 1.29 is 43.3 Å². The van der Waals surface area contributed by atoms with Crippen LogP contribution >= 0.6 is 0 Å². The highest BCUT2D eigenvalue weighted by Crippen LogP contribution is 2.45. The number of pyridine rings is 2. The van der Waals surface area contributed by atoms with Crippen LogP contribution in [0.5, 0.6) is 5.75 Å². The number of ketones is 1. The van der Waals surface area contributed by atoms with E-state index in [0.717, 1.165) is 10.8 Å². The Morgan fingerprint density at radius 1 is 0.729 bits per heavy atom. The van der Waals surface area contributed by atoms with Crippen molar-refractivity contribution in [2.24, 2.45) is 0 Å². The van der Waals surface area contributed by atoms with E-state index in [-0.39, 0.29) is 64.4 Å². The van der Waals surface area contributed by atoms with Gasteiger partial charge in [-0.2, -0.15) is 9.59 Å². The molecule has 59 heavy (non-hydrogen) atoms. The number of phenolic OH excluding ortho intramolecular Hbond substituents is 1. The van der Waals surface area contributed by atoms with E-state index in [1.807, 2.05) is 30.3 Å². The van der Waals surface area contributed by atoms with Gasteiger partial charge in [0, 0.05) is 47.3 Å². The SMILES string of the molecule is COC(=O)c1ccc2cccc(NCc3c(O)ccc4c(-c5ccccc5C(=O)O)c5ccc(=O)c(CNc6cccc7ccc(C(C)=O)nc67)c-5oc34)c2n1.O=C=O. The summed E-state index contributed by atoms with van der Waals surface area (Å²) in [5.74, 6) is -1.85. The number of phenols is 1.